The fraction of sp³-hybridized carbons (Fsp3) is 0.682. The molecule has 0 saturated heterocycles. The van der Waals surface area contributed by atoms with Gasteiger partial charge in [-0.2, -0.15) is 0 Å². The summed E-state index contributed by atoms with van der Waals surface area (Å²) in [6.07, 6.45) is 11.3. The minimum atomic E-state index is -0.668. The molecular formula is C22H33NO3. The first-order chi connectivity index (χ1) is 12.6. The molecule has 2 saturated carbocycles. The number of nitrogens with one attached hydrogen (secondary N) is 1. The summed E-state index contributed by atoms with van der Waals surface area (Å²) in [5, 5.41) is 3.11. The lowest BCUT2D eigenvalue weighted by molar-refractivity contribution is -0.143. The maximum atomic E-state index is 13.0. The molecule has 0 radical (unpaired) electrons. The highest BCUT2D eigenvalue weighted by Crippen LogP contribution is 2.33. The molecule has 0 unspecified atom stereocenters. The molecule has 0 atom stereocenters. The second-order valence-electron chi connectivity index (χ2n) is 7.80. The van der Waals surface area contributed by atoms with Gasteiger partial charge in [0.1, 0.15) is 11.4 Å². The van der Waals surface area contributed by atoms with Gasteiger partial charge in [0.05, 0.1) is 6.10 Å². The molecular weight excluding hydrogens is 326 g/mol. The zero-order valence-corrected chi connectivity index (χ0v) is 16.3. The van der Waals surface area contributed by atoms with E-state index in [1.54, 1.807) is 0 Å². The second-order valence-corrected chi connectivity index (χ2v) is 7.80. The third-order valence-corrected chi connectivity index (χ3v) is 5.77. The minimum absolute atomic E-state index is 0.00473. The Morgan fingerprint density at radius 2 is 1.81 bits per heavy atom. The standard InChI is InChI=1S/C22H33NO3/c1-3-25-22(14-8-4-5-9-15-22)21(24)23-18-12-13-20(17(2)16-18)26-19-10-6-7-11-19/h12-13,16,19H,3-11,14-15H2,1-2H3,(H,23,24). The van der Waals surface area contributed by atoms with Gasteiger partial charge in [-0.05, 0) is 76.1 Å². The lowest BCUT2D eigenvalue weighted by Crippen LogP contribution is -2.45. The highest BCUT2D eigenvalue weighted by Gasteiger charge is 2.39. The number of hydrogen-bond donors (Lipinski definition) is 1. The van der Waals surface area contributed by atoms with Crippen LogP contribution < -0.4 is 10.1 Å². The molecule has 2 fully saturated rings. The zero-order chi connectivity index (χ0) is 18.4. The van der Waals surface area contributed by atoms with Crippen LogP contribution >= 0.6 is 0 Å². The predicted octanol–water partition coefficient (Wildman–Crippen LogP) is 5.38. The molecule has 0 spiro atoms. The van der Waals surface area contributed by atoms with Crippen molar-refractivity contribution in [2.45, 2.75) is 89.8 Å². The van der Waals surface area contributed by atoms with E-state index in [2.05, 4.69) is 5.32 Å². The minimum Gasteiger partial charge on any atom is -0.490 e. The average Bonchev–Trinajstić information content (AvgIpc) is 3.02. The Hall–Kier alpha value is -1.55. The monoisotopic (exact) mass is 359 g/mol. The van der Waals surface area contributed by atoms with Crippen molar-refractivity contribution in [3.63, 3.8) is 0 Å². The van der Waals surface area contributed by atoms with Crippen molar-refractivity contribution in [3.8, 4) is 5.75 Å². The van der Waals surface area contributed by atoms with Gasteiger partial charge in [0.15, 0.2) is 0 Å². The van der Waals surface area contributed by atoms with Crippen LogP contribution in [0, 0.1) is 6.92 Å². The summed E-state index contributed by atoms with van der Waals surface area (Å²) in [4.78, 5) is 13.0. The lowest BCUT2D eigenvalue weighted by Gasteiger charge is -2.31. The van der Waals surface area contributed by atoms with Gasteiger partial charge in [0.25, 0.3) is 5.91 Å². The van der Waals surface area contributed by atoms with Gasteiger partial charge < -0.3 is 14.8 Å². The molecule has 1 amide bonds. The fourth-order valence-electron chi connectivity index (χ4n) is 4.30. The summed E-state index contributed by atoms with van der Waals surface area (Å²) < 4.78 is 12.1. The van der Waals surface area contributed by atoms with Crippen molar-refractivity contribution in [1.82, 2.24) is 0 Å². The number of amides is 1. The molecule has 1 aromatic rings. The maximum absolute atomic E-state index is 13.0. The number of aryl methyl sites for hydroxylation is 1. The van der Waals surface area contributed by atoms with Crippen LogP contribution in [0.1, 0.15) is 76.7 Å². The topological polar surface area (TPSA) is 47.6 Å². The number of ether oxygens (including phenoxy) is 2. The van der Waals surface area contributed by atoms with Gasteiger partial charge >= 0.3 is 0 Å². The molecule has 0 heterocycles. The summed E-state index contributed by atoms with van der Waals surface area (Å²) >= 11 is 0. The Morgan fingerprint density at radius 1 is 1.12 bits per heavy atom. The summed E-state index contributed by atoms with van der Waals surface area (Å²) in [5.74, 6) is 0.939. The second kappa shape index (κ2) is 8.90. The van der Waals surface area contributed by atoms with E-state index in [4.69, 9.17) is 9.47 Å². The first kappa shape index (κ1) is 19.2. The summed E-state index contributed by atoms with van der Waals surface area (Å²) in [7, 11) is 0. The molecule has 3 rings (SSSR count). The Morgan fingerprint density at radius 3 is 2.42 bits per heavy atom. The normalized spacial score (nSPS) is 20.5. The van der Waals surface area contributed by atoms with E-state index >= 15 is 0 Å². The SMILES string of the molecule is CCOC1(C(=O)Nc2ccc(OC3CCCC3)c(C)c2)CCCCCC1. The van der Waals surface area contributed by atoms with Crippen LogP contribution in [-0.4, -0.2) is 24.2 Å². The molecule has 1 aromatic carbocycles. The smallest absolute Gasteiger partial charge is 0.256 e. The Labute approximate surface area is 157 Å². The molecule has 4 heteroatoms. The number of carbonyl (C=O) groups is 1. The predicted molar refractivity (Wildman–Crippen MR) is 105 cm³/mol. The number of benzene rings is 1. The molecule has 144 valence electrons. The van der Waals surface area contributed by atoms with Crippen molar-refractivity contribution in [3.05, 3.63) is 23.8 Å². The van der Waals surface area contributed by atoms with E-state index in [1.807, 2.05) is 32.0 Å². The van der Waals surface area contributed by atoms with Crippen LogP contribution in [0.2, 0.25) is 0 Å². The molecule has 0 aromatic heterocycles. The summed E-state index contributed by atoms with van der Waals surface area (Å²) in [6.45, 7) is 4.59. The molecule has 26 heavy (non-hydrogen) atoms. The van der Waals surface area contributed by atoms with E-state index in [-0.39, 0.29) is 5.91 Å². The van der Waals surface area contributed by atoms with Crippen LogP contribution in [0.15, 0.2) is 18.2 Å². The van der Waals surface area contributed by atoms with Crippen molar-refractivity contribution in [1.29, 1.82) is 0 Å². The van der Waals surface area contributed by atoms with Crippen LogP contribution in [0.4, 0.5) is 5.69 Å². The van der Waals surface area contributed by atoms with E-state index in [9.17, 15) is 4.79 Å². The number of rotatable bonds is 6. The van der Waals surface area contributed by atoms with Gasteiger partial charge in [0.2, 0.25) is 0 Å². The zero-order valence-electron chi connectivity index (χ0n) is 16.3. The lowest BCUT2D eigenvalue weighted by atomic mass is 9.92. The molecule has 0 aliphatic heterocycles. The van der Waals surface area contributed by atoms with Gasteiger partial charge in [-0.15, -0.1) is 0 Å². The Kier molecular flexibility index (Phi) is 6.58. The Balaban J connectivity index is 1.68. The average molecular weight is 360 g/mol. The van der Waals surface area contributed by atoms with Crippen molar-refractivity contribution in [2.75, 3.05) is 11.9 Å². The highest BCUT2D eigenvalue weighted by atomic mass is 16.5. The van der Waals surface area contributed by atoms with Gasteiger partial charge in [-0.25, -0.2) is 0 Å². The molecule has 4 nitrogen and oxygen atoms in total. The molecule has 2 aliphatic rings. The largest absolute Gasteiger partial charge is 0.490 e. The van der Waals surface area contributed by atoms with Crippen molar-refractivity contribution < 1.29 is 14.3 Å². The van der Waals surface area contributed by atoms with Crippen LogP contribution in [0.25, 0.3) is 0 Å². The number of hydrogen-bond acceptors (Lipinski definition) is 3. The van der Waals surface area contributed by atoms with Crippen LogP contribution in [-0.2, 0) is 9.53 Å². The molecule has 2 aliphatic carbocycles. The maximum Gasteiger partial charge on any atom is 0.256 e. The third-order valence-electron chi connectivity index (χ3n) is 5.77. The quantitative estimate of drug-likeness (QED) is 0.693. The van der Waals surface area contributed by atoms with E-state index in [0.717, 1.165) is 55.5 Å². The van der Waals surface area contributed by atoms with Gasteiger partial charge in [-0.3, -0.25) is 4.79 Å². The van der Waals surface area contributed by atoms with Crippen LogP contribution in [0.3, 0.4) is 0 Å². The molecule has 0 bridgehead atoms. The first-order valence-corrected chi connectivity index (χ1v) is 10.4. The van der Waals surface area contributed by atoms with Gasteiger partial charge in [0, 0.05) is 12.3 Å². The highest BCUT2D eigenvalue weighted by molar-refractivity contribution is 5.97. The Bertz CT molecular complexity index is 599. The van der Waals surface area contributed by atoms with Crippen molar-refractivity contribution >= 4 is 11.6 Å². The van der Waals surface area contributed by atoms with E-state index in [0.29, 0.717) is 12.7 Å². The summed E-state index contributed by atoms with van der Waals surface area (Å²) in [5.41, 5.74) is 1.23. The summed E-state index contributed by atoms with van der Waals surface area (Å²) in [6, 6.07) is 5.95. The third kappa shape index (κ3) is 4.59. The van der Waals surface area contributed by atoms with Crippen molar-refractivity contribution in [2.24, 2.45) is 0 Å². The fourth-order valence-corrected chi connectivity index (χ4v) is 4.30. The van der Waals surface area contributed by atoms with Gasteiger partial charge in [-0.1, -0.05) is 25.7 Å². The number of anilines is 1. The molecule has 1 N–H and O–H groups in total. The number of carbonyl (C=O) groups excluding carboxylic acids is 1. The van der Waals surface area contributed by atoms with Crippen LogP contribution in [0.5, 0.6) is 5.75 Å². The van der Waals surface area contributed by atoms with E-state index < -0.39 is 5.60 Å². The first-order valence-electron chi connectivity index (χ1n) is 10.4. The van der Waals surface area contributed by atoms with E-state index in [1.165, 1.54) is 25.7 Å².